The molecule has 1 fully saturated rings. The minimum atomic E-state index is -0.121. The highest BCUT2D eigenvalue weighted by Crippen LogP contribution is 2.27. The SMILES string of the molecule is CC(=O)Nc1cccc(NC(=O)C2CCCS2)c1. The lowest BCUT2D eigenvalue weighted by Crippen LogP contribution is -2.22. The molecule has 1 aromatic rings. The van der Waals surface area contributed by atoms with Crippen LogP contribution in [0.25, 0.3) is 0 Å². The largest absolute Gasteiger partial charge is 0.326 e. The molecule has 2 rings (SSSR count). The van der Waals surface area contributed by atoms with E-state index in [1.165, 1.54) is 6.92 Å². The van der Waals surface area contributed by atoms with Crippen LogP contribution in [0, 0.1) is 0 Å². The molecule has 0 radical (unpaired) electrons. The maximum atomic E-state index is 11.9. The van der Waals surface area contributed by atoms with Crippen LogP contribution < -0.4 is 10.6 Å². The van der Waals surface area contributed by atoms with E-state index in [4.69, 9.17) is 0 Å². The summed E-state index contributed by atoms with van der Waals surface area (Å²) in [6, 6.07) is 7.19. The van der Waals surface area contributed by atoms with Crippen molar-refractivity contribution in [3.05, 3.63) is 24.3 Å². The van der Waals surface area contributed by atoms with Crippen molar-refractivity contribution in [3.63, 3.8) is 0 Å². The Kier molecular flexibility index (Phi) is 4.25. The number of carbonyl (C=O) groups is 2. The van der Waals surface area contributed by atoms with Crippen LogP contribution in [-0.4, -0.2) is 22.8 Å². The maximum Gasteiger partial charge on any atom is 0.237 e. The normalized spacial score (nSPS) is 18.4. The number of nitrogens with one attached hydrogen (secondary N) is 2. The Hall–Kier alpha value is -1.49. The fourth-order valence-electron chi connectivity index (χ4n) is 1.89. The molecular weight excluding hydrogens is 248 g/mol. The van der Waals surface area contributed by atoms with Gasteiger partial charge in [-0.15, -0.1) is 11.8 Å². The zero-order valence-electron chi connectivity index (χ0n) is 10.2. The van der Waals surface area contributed by atoms with E-state index in [2.05, 4.69) is 10.6 Å². The average molecular weight is 264 g/mol. The van der Waals surface area contributed by atoms with E-state index >= 15 is 0 Å². The van der Waals surface area contributed by atoms with Gasteiger partial charge >= 0.3 is 0 Å². The van der Waals surface area contributed by atoms with Crippen LogP contribution in [0.5, 0.6) is 0 Å². The molecule has 1 saturated heterocycles. The second kappa shape index (κ2) is 5.91. The summed E-state index contributed by atoms with van der Waals surface area (Å²) in [5.74, 6) is 0.992. The molecule has 1 aliphatic heterocycles. The van der Waals surface area contributed by atoms with E-state index in [9.17, 15) is 9.59 Å². The van der Waals surface area contributed by atoms with Crippen molar-refractivity contribution in [1.82, 2.24) is 0 Å². The minimum Gasteiger partial charge on any atom is -0.326 e. The molecule has 1 atom stereocenters. The summed E-state index contributed by atoms with van der Waals surface area (Å²) >= 11 is 1.70. The Morgan fingerprint density at radius 2 is 2.00 bits per heavy atom. The van der Waals surface area contributed by atoms with Gasteiger partial charge in [0.05, 0.1) is 5.25 Å². The van der Waals surface area contributed by atoms with Crippen LogP contribution in [0.4, 0.5) is 11.4 Å². The smallest absolute Gasteiger partial charge is 0.237 e. The Morgan fingerprint density at radius 3 is 2.61 bits per heavy atom. The first-order chi connectivity index (χ1) is 8.65. The molecule has 1 aromatic carbocycles. The summed E-state index contributed by atoms with van der Waals surface area (Å²) < 4.78 is 0. The number of carbonyl (C=O) groups excluding carboxylic acids is 2. The summed E-state index contributed by atoms with van der Waals surface area (Å²) in [5, 5.41) is 5.64. The van der Waals surface area contributed by atoms with Crippen LogP contribution in [0.15, 0.2) is 24.3 Å². The summed E-state index contributed by atoms with van der Waals surface area (Å²) in [6.45, 7) is 1.46. The van der Waals surface area contributed by atoms with Crippen molar-refractivity contribution in [2.24, 2.45) is 0 Å². The van der Waals surface area contributed by atoms with Crippen LogP contribution in [-0.2, 0) is 9.59 Å². The molecule has 1 aliphatic rings. The van der Waals surface area contributed by atoms with Crippen LogP contribution in [0.1, 0.15) is 19.8 Å². The third kappa shape index (κ3) is 3.50. The van der Waals surface area contributed by atoms with Crippen molar-refractivity contribution in [1.29, 1.82) is 0 Å². The third-order valence-corrected chi connectivity index (χ3v) is 4.05. The van der Waals surface area contributed by atoms with Crippen LogP contribution >= 0.6 is 11.8 Å². The van der Waals surface area contributed by atoms with Gasteiger partial charge in [0.15, 0.2) is 0 Å². The molecule has 4 nitrogen and oxygen atoms in total. The molecule has 1 unspecified atom stereocenters. The van der Waals surface area contributed by atoms with Gasteiger partial charge in [-0.3, -0.25) is 9.59 Å². The third-order valence-electron chi connectivity index (χ3n) is 2.67. The number of amides is 2. The molecule has 0 aromatic heterocycles. The lowest BCUT2D eigenvalue weighted by atomic mass is 10.2. The van der Waals surface area contributed by atoms with E-state index < -0.39 is 0 Å². The van der Waals surface area contributed by atoms with Gasteiger partial charge in [-0.05, 0) is 36.8 Å². The lowest BCUT2D eigenvalue weighted by molar-refractivity contribution is -0.116. The predicted molar refractivity (Wildman–Crippen MR) is 74.9 cm³/mol. The molecule has 1 heterocycles. The Balaban J connectivity index is 2.00. The minimum absolute atomic E-state index is 0.0532. The topological polar surface area (TPSA) is 58.2 Å². The summed E-state index contributed by atoms with van der Waals surface area (Å²) in [4.78, 5) is 22.9. The van der Waals surface area contributed by atoms with E-state index in [0.29, 0.717) is 5.69 Å². The predicted octanol–water partition coefficient (Wildman–Crippen LogP) is 2.48. The van der Waals surface area contributed by atoms with Crippen LogP contribution in [0.2, 0.25) is 0 Å². The number of hydrogen-bond donors (Lipinski definition) is 2. The monoisotopic (exact) mass is 264 g/mol. The van der Waals surface area contributed by atoms with E-state index in [-0.39, 0.29) is 17.1 Å². The highest BCUT2D eigenvalue weighted by molar-refractivity contribution is 8.00. The van der Waals surface area contributed by atoms with Gasteiger partial charge in [-0.25, -0.2) is 0 Å². The van der Waals surface area contributed by atoms with Gasteiger partial charge < -0.3 is 10.6 Å². The summed E-state index contributed by atoms with van der Waals surface area (Å²) in [7, 11) is 0. The van der Waals surface area contributed by atoms with E-state index in [1.54, 1.807) is 23.9 Å². The number of benzene rings is 1. The van der Waals surface area contributed by atoms with E-state index in [1.807, 2.05) is 12.1 Å². The molecular formula is C13H16N2O2S. The number of thioether (sulfide) groups is 1. The molecule has 0 spiro atoms. The standard InChI is InChI=1S/C13H16N2O2S/c1-9(16)14-10-4-2-5-11(8-10)15-13(17)12-6-3-7-18-12/h2,4-5,8,12H,3,6-7H2,1H3,(H,14,16)(H,15,17). The Labute approximate surface area is 111 Å². The average Bonchev–Trinajstić information content (AvgIpc) is 2.81. The number of rotatable bonds is 3. The first-order valence-corrected chi connectivity index (χ1v) is 7.00. The van der Waals surface area contributed by atoms with Crippen molar-refractivity contribution in [2.75, 3.05) is 16.4 Å². The second-order valence-corrected chi connectivity index (χ2v) is 5.56. The van der Waals surface area contributed by atoms with E-state index in [0.717, 1.165) is 24.3 Å². The highest BCUT2D eigenvalue weighted by atomic mass is 32.2. The quantitative estimate of drug-likeness (QED) is 0.881. The van der Waals surface area contributed by atoms with Crippen LogP contribution in [0.3, 0.4) is 0 Å². The highest BCUT2D eigenvalue weighted by Gasteiger charge is 2.23. The van der Waals surface area contributed by atoms with Gasteiger partial charge in [0, 0.05) is 18.3 Å². The van der Waals surface area contributed by atoms with Gasteiger partial charge in [0.25, 0.3) is 0 Å². The Bertz CT molecular complexity index is 456. The summed E-state index contributed by atoms with van der Waals surface area (Å²) in [6.07, 6.45) is 2.05. The van der Waals surface area contributed by atoms with Gasteiger partial charge in [0.2, 0.25) is 11.8 Å². The fraction of sp³-hybridized carbons (Fsp3) is 0.385. The lowest BCUT2D eigenvalue weighted by Gasteiger charge is -2.11. The van der Waals surface area contributed by atoms with Crippen molar-refractivity contribution >= 4 is 35.0 Å². The first kappa shape index (κ1) is 13.0. The molecule has 96 valence electrons. The number of anilines is 2. The summed E-state index contributed by atoms with van der Waals surface area (Å²) in [5.41, 5.74) is 1.41. The molecule has 0 aliphatic carbocycles. The van der Waals surface area contributed by atoms with Crippen molar-refractivity contribution in [2.45, 2.75) is 25.0 Å². The Morgan fingerprint density at radius 1 is 1.28 bits per heavy atom. The number of hydrogen-bond acceptors (Lipinski definition) is 3. The molecule has 2 amide bonds. The molecule has 5 heteroatoms. The zero-order valence-corrected chi connectivity index (χ0v) is 11.0. The second-order valence-electron chi connectivity index (χ2n) is 4.25. The zero-order chi connectivity index (χ0) is 13.0. The molecule has 0 saturated carbocycles. The fourth-order valence-corrected chi connectivity index (χ4v) is 3.05. The molecule has 18 heavy (non-hydrogen) atoms. The van der Waals surface area contributed by atoms with Crippen molar-refractivity contribution < 1.29 is 9.59 Å². The molecule has 0 bridgehead atoms. The first-order valence-electron chi connectivity index (χ1n) is 5.95. The van der Waals surface area contributed by atoms with Gasteiger partial charge in [0.1, 0.15) is 0 Å². The van der Waals surface area contributed by atoms with Gasteiger partial charge in [-0.1, -0.05) is 6.07 Å². The maximum absolute atomic E-state index is 11.9. The molecule has 2 N–H and O–H groups in total. The van der Waals surface area contributed by atoms with Gasteiger partial charge in [-0.2, -0.15) is 0 Å². The van der Waals surface area contributed by atoms with Crippen molar-refractivity contribution in [3.8, 4) is 0 Å².